The van der Waals surface area contributed by atoms with E-state index in [-0.39, 0.29) is 6.61 Å². The summed E-state index contributed by atoms with van der Waals surface area (Å²) in [6.07, 6.45) is -0.820. The molecule has 0 aliphatic rings. The van der Waals surface area contributed by atoms with Crippen LogP contribution in [0.15, 0.2) is 48.5 Å². The highest BCUT2D eigenvalue weighted by atomic mass is 16.5. The van der Waals surface area contributed by atoms with E-state index in [0.717, 1.165) is 22.4 Å². The van der Waals surface area contributed by atoms with Crippen molar-refractivity contribution in [3.8, 4) is 16.9 Å². The third-order valence-corrected chi connectivity index (χ3v) is 3.93. The van der Waals surface area contributed by atoms with Gasteiger partial charge in [-0.05, 0) is 35.7 Å². The molecule has 0 radical (unpaired) electrons. The maximum Gasteiger partial charge on any atom is 0.315 e. The Hall–Kier alpha value is -2.57. The number of carbonyl (C=O) groups is 1. The van der Waals surface area contributed by atoms with Crippen LogP contribution in [0.2, 0.25) is 0 Å². The van der Waals surface area contributed by atoms with Gasteiger partial charge in [-0.3, -0.25) is 0 Å². The minimum Gasteiger partial charge on any atom is -0.497 e. The van der Waals surface area contributed by atoms with Crippen molar-refractivity contribution >= 4 is 6.03 Å². The van der Waals surface area contributed by atoms with Crippen molar-refractivity contribution in [2.45, 2.75) is 25.6 Å². The second-order valence-electron chi connectivity index (χ2n) is 5.78. The van der Waals surface area contributed by atoms with Crippen LogP contribution in [0.1, 0.15) is 12.5 Å². The monoisotopic (exact) mass is 344 g/mol. The summed E-state index contributed by atoms with van der Waals surface area (Å²) in [5, 5.41) is 23.7. The maximum absolute atomic E-state index is 11.8. The minimum atomic E-state index is -0.820. The number of methoxy groups -OCH3 is 1. The van der Waals surface area contributed by atoms with E-state index in [1.54, 1.807) is 7.11 Å². The van der Waals surface area contributed by atoms with E-state index in [1.807, 2.05) is 48.5 Å². The Kier molecular flexibility index (Phi) is 6.80. The maximum atomic E-state index is 11.8. The van der Waals surface area contributed by atoms with E-state index in [2.05, 4.69) is 10.6 Å². The van der Waals surface area contributed by atoms with Crippen LogP contribution < -0.4 is 15.4 Å². The number of nitrogens with one attached hydrogen (secondary N) is 2. The number of aliphatic hydroxyl groups is 2. The highest BCUT2D eigenvalue weighted by Crippen LogP contribution is 2.22. The highest BCUT2D eigenvalue weighted by molar-refractivity contribution is 5.74. The smallest absolute Gasteiger partial charge is 0.315 e. The second kappa shape index (κ2) is 9.05. The van der Waals surface area contributed by atoms with Gasteiger partial charge in [0.2, 0.25) is 0 Å². The van der Waals surface area contributed by atoms with Gasteiger partial charge in [0.15, 0.2) is 0 Å². The molecule has 4 N–H and O–H groups in total. The lowest BCUT2D eigenvalue weighted by Gasteiger charge is -2.19. The molecule has 0 bridgehead atoms. The zero-order valence-corrected chi connectivity index (χ0v) is 14.4. The van der Waals surface area contributed by atoms with Crippen molar-refractivity contribution in [1.29, 1.82) is 0 Å². The summed E-state index contributed by atoms with van der Waals surface area (Å²) in [7, 11) is 1.64. The molecule has 0 saturated carbocycles. The first-order valence-corrected chi connectivity index (χ1v) is 8.10. The molecule has 0 unspecified atom stereocenters. The predicted molar refractivity (Wildman–Crippen MR) is 96.4 cm³/mol. The first-order valence-electron chi connectivity index (χ1n) is 8.10. The molecule has 2 amide bonds. The molecule has 25 heavy (non-hydrogen) atoms. The topological polar surface area (TPSA) is 90.8 Å². The summed E-state index contributed by atoms with van der Waals surface area (Å²) >= 11 is 0. The number of ether oxygens (including phenoxy) is 1. The van der Waals surface area contributed by atoms with Crippen LogP contribution in [0.4, 0.5) is 4.79 Å². The fourth-order valence-corrected chi connectivity index (χ4v) is 2.32. The average Bonchev–Trinajstić information content (AvgIpc) is 2.64. The van der Waals surface area contributed by atoms with Gasteiger partial charge in [0.25, 0.3) is 0 Å². The van der Waals surface area contributed by atoms with E-state index in [1.165, 1.54) is 6.92 Å². The number of amides is 2. The SMILES string of the molecule is COc1ccc(-c2ccc(CNC(=O)N[C@H](CO)[C@@H](C)O)cc2)cc1. The van der Waals surface area contributed by atoms with Crippen LogP contribution in [-0.2, 0) is 6.54 Å². The van der Waals surface area contributed by atoms with E-state index in [9.17, 15) is 9.90 Å². The molecule has 0 aromatic heterocycles. The van der Waals surface area contributed by atoms with Crippen LogP contribution in [0, 0.1) is 0 Å². The summed E-state index contributed by atoms with van der Waals surface area (Å²) in [5.41, 5.74) is 3.11. The third kappa shape index (κ3) is 5.48. The fourth-order valence-electron chi connectivity index (χ4n) is 2.32. The van der Waals surface area contributed by atoms with Gasteiger partial charge in [-0.1, -0.05) is 36.4 Å². The van der Waals surface area contributed by atoms with Gasteiger partial charge in [-0.25, -0.2) is 4.79 Å². The molecular weight excluding hydrogens is 320 g/mol. The molecule has 0 aliphatic carbocycles. The van der Waals surface area contributed by atoms with Gasteiger partial charge in [0.05, 0.1) is 25.9 Å². The Labute approximate surface area is 147 Å². The van der Waals surface area contributed by atoms with Crippen molar-refractivity contribution in [2.75, 3.05) is 13.7 Å². The summed E-state index contributed by atoms with van der Waals surface area (Å²) < 4.78 is 5.15. The number of benzene rings is 2. The molecule has 134 valence electrons. The number of carbonyl (C=O) groups excluding carboxylic acids is 1. The number of urea groups is 1. The molecule has 0 saturated heterocycles. The Morgan fingerprint density at radius 3 is 2.12 bits per heavy atom. The Morgan fingerprint density at radius 1 is 1.08 bits per heavy atom. The van der Waals surface area contributed by atoms with Crippen LogP contribution in [0.25, 0.3) is 11.1 Å². The molecule has 0 spiro atoms. The van der Waals surface area contributed by atoms with Crippen LogP contribution in [0.3, 0.4) is 0 Å². The van der Waals surface area contributed by atoms with E-state index in [0.29, 0.717) is 6.54 Å². The summed E-state index contributed by atoms with van der Waals surface area (Å²) in [5.74, 6) is 0.814. The molecule has 6 nitrogen and oxygen atoms in total. The Morgan fingerprint density at radius 2 is 1.64 bits per heavy atom. The molecular formula is C19H24N2O4. The van der Waals surface area contributed by atoms with E-state index in [4.69, 9.17) is 9.84 Å². The van der Waals surface area contributed by atoms with Crippen molar-refractivity contribution in [2.24, 2.45) is 0 Å². The third-order valence-electron chi connectivity index (χ3n) is 3.93. The Bertz CT molecular complexity index is 669. The summed E-state index contributed by atoms with van der Waals surface area (Å²) in [6.45, 7) is 1.55. The van der Waals surface area contributed by atoms with E-state index >= 15 is 0 Å². The van der Waals surface area contributed by atoms with Crippen LogP contribution in [0.5, 0.6) is 5.75 Å². The average molecular weight is 344 g/mol. The van der Waals surface area contributed by atoms with Gasteiger partial charge in [-0.15, -0.1) is 0 Å². The van der Waals surface area contributed by atoms with Gasteiger partial charge in [0, 0.05) is 6.54 Å². The normalized spacial score (nSPS) is 13.0. The highest BCUT2D eigenvalue weighted by Gasteiger charge is 2.15. The number of aliphatic hydroxyl groups excluding tert-OH is 2. The standard InChI is InChI=1S/C19H24N2O4/c1-13(23)18(12-22)21-19(24)20-11-14-3-5-15(6-4-14)16-7-9-17(25-2)10-8-16/h3-10,13,18,22-23H,11-12H2,1-2H3,(H2,20,21,24)/t13-,18-/m1/s1. The van der Waals surface area contributed by atoms with Gasteiger partial charge >= 0.3 is 6.03 Å². The minimum absolute atomic E-state index is 0.318. The lowest BCUT2D eigenvalue weighted by atomic mass is 10.0. The molecule has 0 fully saturated rings. The molecule has 2 rings (SSSR count). The van der Waals surface area contributed by atoms with Gasteiger partial charge in [0.1, 0.15) is 5.75 Å². The van der Waals surface area contributed by atoms with Crippen LogP contribution in [-0.4, -0.2) is 42.1 Å². The molecule has 0 heterocycles. The fraction of sp³-hybridized carbons (Fsp3) is 0.316. The molecule has 6 heteroatoms. The predicted octanol–water partition coefficient (Wildman–Crippen LogP) is 1.90. The van der Waals surface area contributed by atoms with E-state index < -0.39 is 18.2 Å². The summed E-state index contributed by atoms with van der Waals surface area (Å²) in [4.78, 5) is 11.8. The van der Waals surface area contributed by atoms with Gasteiger partial charge in [-0.2, -0.15) is 0 Å². The first-order chi connectivity index (χ1) is 12.0. The summed E-state index contributed by atoms with van der Waals surface area (Å²) in [6, 6.07) is 14.6. The van der Waals surface area contributed by atoms with Crippen molar-refractivity contribution in [3.05, 3.63) is 54.1 Å². The van der Waals surface area contributed by atoms with Crippen molar-refractivity contribution < 1.29 is 19.7 Å². The lowest BCUT2D eigenvalue weighted by molar-refractivity contribution is 0.107. The Balaban J connectivity index is 1.90. The molecule has 2 aromatic carbocycles. The largest absolute Gasteiger partial charge is 0.497 e. The van der Waals surface area contributed by atoms with Gasteiger partial charge < -0.3 is 25.6 Å². The first kappa shape index (κ1) is 18.8. The number of hydrogen-bond acceptors (Lipinski definition) is 4. The van der Waals surface area contributed by atoms with Crippen molar-refractivity contribution in [1.82, 2.24) is 10.6 Å². The molecule has 2 aromatic rings. The van der Waals surface area contributed by atoms with Crippen LogP contribution >= 0.6 is 0 Å². The second-order valence-corrected chi connectivity index (χ2v) is 5.78. The number of hydrogen-bond donors (Lipinski definition) is 4. The molecule has 0 aliphatic heterocycles. The van der Waals surface area contributed by atoms with Crippen molar-refractivity contribution in [3.63, 3.8) is 0 Å². The zero-order chi connectivity index (χ0) is 18.2. The quantitative estimate of drug-likeness (QED) is 0.617. The zero-order valence-electron chi connectivity index (χ0n) is 14.4. The molecule has 2 atom stereocenters. The number of rotatable bonds is 7. The lowest BCUT2D eigenvalue weighted by Crippen LogP contribution is -2.48.